The summed E-state index contributed by atoms with van der Waals surface area (Å²) in [5.41, 5.74) is 6.19. The van der Waals surface area contributed by atoms with E-state index < -0.39 is 12.0 Å². The van der Waals surface area contributed by atoms with Crippen LogP contribution >= 0.6 is 23.2 Å². The number of nitrogens with zero attached hydrogens (tertiary/aromatic N) is 1. The van der Waals surface area contributed by atoms with E-state index in [0.717, 1.165) is 65.0 Å². The summed E-state index contributed by atoms with van der Waals surface area (Å²) < 4.78 is 32.4. The Morgan fingerprint density at radius 3 is 2.46 bits per heavy atom. The second-order valence-electron chi connectivity index (χ2n) is 13.1. The molecule has 0 bridgehead atoms. The minimum atomic E-state index is -0.878. The molecule has 0 aliphatic carbocycles. The molecule has 1 saturated heterocycles. The molecule has 0 radical (unpaired) electrons. The highest BCUT2D eigenvalue weighted by Crippen LogP contribution is 2.40. The van der Waals surface area contributed by atoms with E-state index >= 15 is 0 Å². The Bertz CT molecular complexity index is 1780. The Morgan fingerprint density at radius 1 is 0.896 bits per heavy atom. The van der Waals surface area contributed by atoms with Crippen LogP contribution in [0.25, 0.3) is 0 Å². The summed E-state index contributed by atoms with van der Waals surface area (Å²) in [7, 11) is 0. The van der Waals surface area contributed by atoms with Crippen LogP contribution in [0.3, 0.4) is 0 Å². The summed E-state index contributed by atoms with van der Waals surface area (Å²) in [6.45, 7) is 2.83. The fourth-order valence-corrected chi connectivity index (χ4v) is 7.67. The van der Waals surface area contributed by atoms with Crippen molar-refractivity contribution in [1.29, 1.82) is 0 Å². The van der Waals surface area contributed by atoms with Crippen molar-refractivity contribution in [2.45, 2.75) is 63.3 Å². The lowest BCUT2D eigenvalue weighted by atomic mass is 9.86. The molecule has 1 fully saturated rings. The van der Waals surface area contributed by atoms with E-state index in [1.54, 1.807) is 6.07 Å². The summed E-state index contributed by atoms with van der Waals surface area (Å²) in [4.78, 5) is 14.2. The monoisotopic (exact) mass is 689 g/mol. The van der Waals surface area contributed by atoms with Gasteiger partial charge in [-0.1, -0.05) is 59.6 Å². The van der Waals surface area contributed by atoms with Crippen LogP contribution in [0.5, 0.6) is 11.5 Å². The van der Waals surface area contributed by atoms with E-state index in [4.69, 9.17) is 37.4 Å². The second-order valence-corrected chi connectivity index (χ2v) is 13.9. The van der Waals surface area contributed by atoms with Gasteiger partial charge in [-0.05, 0) is 114 Å². The van der Waals surface area contributed by atoms with Gasteiger partial charge in [-0.25, -0.2) is 4.39 Å². The van der Waals surface area contributed by atoms with Crippen LogP contribution in [0.2, 0.25) is 10.0 Å². The SMILES string of the molecule is O=C(O)[C@@H]1Cc2cc3c(cc2CN1Cc1cccc(F)c1)C[C@H](c1ccc(O[C@@H](c2ccc(Cl)c(Cl)c2)C2CCOCC2)cc1)CCO3. The maximum Gasteiger partial charge on any atom is 0.321 e. The van der Waals surface area contributed by atoms with Crippen molar-refractivity contribution in [2.75, 3.05) is 19.8 Å². The zero-order valence-electron chi connectivity index (χ0n) is 26.5. The normalized spacial score (nSPS) is 20.6. The third kappa shape index (κ3) is 7.35. The van der Waals surface area contributed by atoms with Crippen molar-refractivity contribution >= 4 is 29.2 Å². The number of rotatable bonds is 8. The van der Waals surface area contributed by atoms with Gasteiger partial charge in [0, 0.05) is 32.2 Å². The molecule has 48 heavy (non-hydrogen) atoms. The average Bonchev–Trinajstić information content (AvgIpc) is 3.30. The van der Waals surface area contributed by atoms with Crippen LogP contribution in [0, 0.1) is 11.7 Å². The van der Waals surface area contributed by atoms with Gasteiger partial charge in [-0.15, -0.1) is 0 Å². The summed E-state index contributed by atoms with van der Waals surface area (Å²) in [5, 5.41) is 11.1. The molecule has 6 nitrogen and oxygen atoms in total. The van der Waals surface area contributed by atoms with Crippen LogP contribution in [0.15, 0.2) is 78.9 Å². The van der Waals surface area contributed by atoms with Crippen LogP contribution < -0.4 is 9.47 Å². The van der Waals surface area contributed by atoms with Crippen LogP contribution in [-0.2, 0) is 35.5 Å². The van der Waals surface area contributed by atoms with Crippen LogP contribution in [-0.4, -0.2) is 41.8 Å². The van der Waals surface area contributed by atoms with Gasteiger partial charge in [-0.3, -0.25) is 9.69 Å². The predicted molar refractivity (Wildman–Crippen MR) is 184 cm³/mol. The lowest BCUT2D eigenvalue weighted by Crippen LogP contribution is -2.45. The largest absolute Gasteiger partial charge is 0.493 e. The molecule has 3 aliphatic rings. The van der Waals surface area contributed by atoms with Crippen LogP contribution in [0.4, 0.5) is 4.39 Å². The lowest BCUT2D eigenvalue weighted by Gasteiger charge is -2.35. The molecule has 7 rings (SSSR count). The summed E-state index contributed by atoms with van der Waals surface area (Å²) in [6, 6.07) is 24.0. The minimum absolute atomic E-state index is 0.167. The molecule has 0 aromatic heterocycles. The summed E-state index contributed by atoms with van der Waals surface area (Å²) >= 11 is 12.6. The molecule has 3 atom stereocenters. The highest BCUT2D eigenvalue weighted by Gasteiger charge is 2.33. The fraction of sp³-hybridized carbons (Fsp3) is 0.359. The van der Waals surface area contributed by atoms with Gasteiger partial charge in [0.2, 0.25) is 0 Å². The van der Waals surface area contributed by atoms with E-state index in [9.17, 15) is 14.3 Å². The molecule has 0 amide bonds. The first-order valence-electron chi connectivity index (χ1n) is 16.6. The second kappa shape index (κ2) is 14.5. The number of aliphatic carboxylic acids is 1. The number of carbonyl (C=O) groups is 1. The smallest absolute Gasteiger partial charge is 0.321 e. The molecular formula is C39H38Cl2FNO5. The van der Waals surface area contributed by atoms with Gasteiger partial charge in [0.1, 0.15) is 29.5 Å². The Morgan fingerprint density at radius 2 is 1.71 bits per heavy atom. The first kappa shape index (κ1) is 32.9. The van der Waals surface area contributed by atoms with Gasteiger partial charge in [-0.2, -0.15) is 0 Å². The molecule has 9 heteroatoms. The minimum Gasteiger partial charge on any atom is -0.493 e. The lowest BCUT2D eigenvalue weighted by molar-refractivity contribution is -0.144. The third-order valence-corrected chi connectivity index (χ3v) is 10.7. The Balaban J connectivity index is 1.09. The molecule has 250 valence electrons. The average molecular weight is 691 g/mol. The van der Waals surface area contributed by atoms with Crippen molar-refractivity contribution in [3.8, 4) is 11.5 Å². The van der Waals surface area contributed by atoms with Gasteiger partial charge in [0.15, 0.2) is 0 Å². The molecule has 0 saturated carbocycles. The number of hydrogen-bond donors (Lipinski definition) is 1. The molecule has 4 aromatic rings. The Hall–Kier alpha value is -3.62. The molecular weight excluding hydrogens is 652 g/mol. The quantitative estimate of drug-likeness (QED) is 0.199. The number of benzene rings is 4. The number of ether oxygens (including phenoxy) is 3. The Labute approximate surface area is 290 Å². The molecule has 3 heterocycles. The highest BCUT2D eigenvalue weighted by atomic mass is 35.5. The number of hydrogen-bond acceptors (Lipinski definition) is 5. The van der Waals surface area contributed by atoms with E-state index in [-0.39, 0.29) is 17.8 Å². The highest BCUT2D eigenvalue weighted by molar-refractivity contribution is 6.42. The topological polar surface area (TPSA) is 68.2 Å². The van der Waals surface area contributed by atoms with Crippen LogP contribution in [0.1, 0.15) is 64.7 Å². The van der Waals surface area contributed by atoms with Gasteiger partial charge in [0.25, 0.3) is 0 Å². The summed E-state index contributed by atoms with van der Waals surface area (Å²) in [6.07, 6.45) is 3.69. The van der Waals surface area contributed by atoms with E-state index in [2.05, 4.69) is 30.3 Å². The summed E-state index contributed by atoms with van der Waals surface area (Å²) in [5.74, 6) is 0.977. The molecule has 4 aromatic carbocycles. The standard InChI is InChI=1S/C39H38Cl2FNO5/c40-34-9-6-28(19-35(34)41)38(26-10-13-46-14-11-26)48-33-7-4-25(5-8-33)27-12-15-47-37-21-29-20-36(39(44)45)43(23-31(29)18-30(37)17-27)22-24-2-1-3-32(42)16-24/h1-9,16,18-19,21,26-27,36,38H,10-15,17,20,22-23H2,(H,44,45)/t27-,36+,38-/m1/s1. The van der Waals surface area contributed by atoms with Gasteiger partial charge >= 0.3 is 5.97 Å². The molecule has 0 unspecified atom stereocenters. The molecule has 3 aliphatic heterocycles. The number of halogens is 3. The van der Waals surface area contributed by atoms with Gasteiger partial charge in [0.05, 0.1) is 16.7 Å². The van der Waals surface area contributed by atoms with E-state index in [1.807, 2.05) is 35.2 Å². The zero-order chi connectivity index (χ0) is 33.2. The fourth-order valence-electron chi connectivity index (χ4n) is 7.37. The third-order valence-electron chi connectivity index (χ3n) is 9.94. The maximum atomic E-state index is 13.9. The molecule has 1 N–H and O–H groups in total. The first-order chi connectivity index (χ1) is 23.3. The first-order valence-corrected chi connectivity index (χ1v) is 17.3. The van der Waals surface area contributed by atoms with Crippen molar-refractivity contribution in [1.82, 2.24) is 4.90 Å². The van der Waals surface area contributed by atoms with Crippen molar-refractivity contribution in [3.05, 3.63) is 128 Å². The number of carboxylic acid groups (broad SMARTS) is 1. The Kier molecular flexibility index (Phi) is 9.92. The van der Waals surface area contributed by atoms with Crippen molar-refractivity contribution in [2.24, 2.45) is 5.92 Å². The van der Waals surface area contributed by atoms with E-state index in [1.165, 1.54) is 17.7 Å². The molecule has 0 spiro atoms. The van der Waals surface area contributed by atoms with Gasteiger partial charge < -0.3 is 19.3 Å². The number of fused-ring (bicyclic) bond motifs is 2. The van der Waals surface area contributed by atoms with Crippen molar-refractivity contribution < 1.29 is 28.5 Å². The number of carboxylic acids is 1. The predicted octanol–water partition coefficient (Wildman–Crippen LogP) is 8.80. The maximum absolute atomic E-state index is 13.9. The van der Waals surface area contributed by atoms with E-state index in [0.29, 0.717) is 55.3 Å². The zero-order valence-corrected chi connectivity index (χ0v) is 28.1. The van der Waals surface area contributed by atoms with Crippen molar-refractivity contribution in [3.63, 3.8) is 0 Å².